The van der Waals surface area contributed by atoms with Crippen LogP contribution in [0.1, 0.15) is 11.1 Å². The lowest BCUT2D eigenvalue weighted by Gasteiger charge is -2.25. The number of hydrogen-bond acceptors (Lipinski definition) is 8. The number of carbonyl (C=O) groups is 4. The Labute approximate surface area is 200 Å². The lowest BCUT2D eigenvalue weighted by molar-refractivity contribution is -0.144. The van der Waals surface area contributed by atoms with E-state index in [4.69, 9.17) is 20.9 Å². The molecule has 0 saturated carbocycles. The molecule has 3 amide bonds. The molecule has 4 bridgehead atoms. The first-order chi connectivity index (χ1) is 16.6. The van der Waals surface area contributed by atoms with Crippen molar-refractivity contribution >= 4 is 23.7 Å². The Hall–Kier alpha value is -4.16. The molecule has 1 aliphatic heterocycles. The number of aliphatic carboxylic acids is 1. The van der Waals surface area contributed by atoms with Crippen molar-refractivity contribution in [2.75, 3.05) is 7.11 Å². The molecule has 12 heteroatoms. The van der Waals surface area contributed by atoms with Gasteiger partial charge in [-0.1, -0.05) is 18.2 Å². The molecule has 1 heterocycles. The molecule has 3 rings (SSSR count). The standard InChI is InChI=1S/C23H26N4O8/c1-34-16-6-5-12-8-14(24)21(30)27-18(19(28)20(25)29)22(31)26-15(23(32)33)9-11-3-2-4-13(7-11)35-17(16)10-12/h2-7,10,14-15,18-19,28H,8-9,24H2,1H3,(H2,25,29)(H,26,31)(H,27,30)(H,32,33)/t14-,15-,18-,19?/m0/s1. The quantitative estimate of drug-likeness (QED) is 0.307. The number of carboxylic acids is 1. The van der Waals surface area contributed by atoms with Crippen molar-refractivity contribution in [3.63, 3.8) is 0 Å². The number of fused-ring (bicyclic) bond motifs is 4. The first-order valence-electron chi connectivity index (χ1n) is 10.6. The Morgan fingerprint density at radius 2 is 1.80 bits per heavy atom. The largest absolute Gasteiger partial charge is 0.493 e. The fourth-order valence-corrected chi connectivity index (χ4v) is 3.55. The van der Waals surface area contributed by atoms with Crippen molar-refractivity contribution in [1.82, 2.24) is 10.6 Å². The number of benzene rings is 2. The minimum Gasteiger partial charge on any atom is -0.493 e. The second kappa shape index (κ2) is 10.8. The molecule has 0 aromatic heterocycles. The summed E-state index contributed by atoms with van der Waals surface area (Å²) in [7, 11) is 1.47. The van der Waals surface area contributed by atoms with Gasteiger partial charge in [0.1, 0.15) is 17.8 Å². The van der Waals surface area contributed by atoms with Gasteiger partial charge in [0.05, 0.1) is 13.2 Å². The van der Waals surface area contributed by atoms with Gasteiger partial charge >= 0.3 is 5.97 Å². The number of carboxylic acid groups (broad SMARTS) is 1. The fraction of sp³-hybridized carbons (Fsp3) is 0.304. The Morgan fingerprint density at radius 3 is 2.46 bits per heavy atom. The Bertz CT molecular complexity index is 1140. The molecule has 2 aromatic rings. The van der Waals surface area contributed by atoms with Crippen molar-refractivity contribution in [3.05, 3.63) is 53.6 Å². The number of nitrogens with two attached hydrogens (primary N) is 2. The number of primary amides is 1. The summed E-state index contributed by atoms with van der Waals surface area (Å²) in [4.78, 5) is 48.9. The summed E-state index contributed by atoms with van der Waals surface area (Å²) in [6.07, 6.45) is -2.28. The number of carbonyl (C=O) groups excluding carboxylic acids is 3. The number of amides is 3. The van der Waals surface area contributed by atoms with E-state index in [0.29, 0.717) is 28.4 Å². The van der Waals surface area contributed by atoms with Crippen LogP contribution in [0.25, 0.3) is 0 Å². The third-order valence-corrected chi connectivity index (χ3v) is 5.39. The average Bonchev–Trinajstić information content (AvgIpc) is 2.81. The maximum Gasteiger partial charge on any atom is 0.326 e. The van der Waals surface area contributed by atoms with Gasteiger partial charge in [0.15, 0.2) is 17.6 Å². The van der Waals surface area contributed by atoms with Gasteiger partial charge in [0, 0.05) is 6.42 Å². The van der Waals surface area contributed by atoms with Crippen LogP contribution in [0.15, 0.2) is 42.5 Å². The van der Waals surface area contributed by atoms with E-state index in [9.17, 15) is 29.4 Å². The van der Waals surface area contributed by atoms with Gasteiger partial charge < -0.3 is 41.8 Å². The third-order valence-electron chi connectivity index (χ3n) is 5.39. The summed E-state index contributed by atoms with van der Waals surface area (Å²) in [5, 5.41) is 24.2. The molecule has 4 atom stereocenters. The zero-order valence-corrected chi connectivity index (χ0v) is 18.8. The van der Waals surface area contributed by atoms with Crippen LogP contribution in [0.5, 0.6) is 17.2 Å². The molecule has 1 unspecified atom stereocenters. The second-order valence-corrected chi connectivity index (χ2v) is 7.98. The van der Waals surface area contributed by atoms with Crippen LogP contribution in [0.4, 0.5) is 0 Å². The summed E-state index contributed by atoms with van der Waals surface area (Å²) in [5.41, 5.74) is 12.2. The number of nitrogens with one attached hydrogen (secondary N) is 2. The maximum atomic E-state index is 12.8. The zero-order chi connectivity index (χ0) is 25.7. The Morgan fingerprint density at radius 1 is 1.09 bits per heavy atom. The fourth-order valence-electron chi connectivity index (χ4n) is 3.55. The monoisotopic (exact) mass is 486 g/mol. The number of rotatable bonds is 4. The summed E-state index contributed by atoms with van der Waals surface area (Å²) in [5.74, 6) is -3.51. The molecule has 0 aliphatic carbocycles. The summed E-state index contributed by atoms with van der Waals surface area (Å²) in [6, 6.07) is 6.98. The van der Waals surface area contributed by atoms with Gasteiger partial charge in [-0.2, -0.15) is 0 Å². The molecule has 1 aliphatic rings. The van der Waals surface area contributed by atoms with Crippen molar-refractivity contribution < 1.29 is 38.9 Å². The Balaban J connectivity index is 2.06. The number of methoxy groups -OCH3 is 1. The minimum absolute atomic E-state index is 0.00494. The highest BCUT2D eigenvalue weighted by molar-refractivity contribution is 5.96. The van der Waals surface area contributed by atoms with Gasteiger partial charge in [-0.25, -0.2) is 4.79 Å². The predicted octanol–water partition coefficient (Wildman–Crippen LogP) is -1.19. The van der Waals surface area contributed by atoms with Crippen molar-refractivity contribution in [3.8, 4) is 17.2 Å². The molecule has 0 fully saturated rings. The normalized spacial score (nSPS) is 21.6. The zero-order valence-electron chi connectivity index (χ0n) is 18.8. The average molecular weight is 486 g/mol. The van der Waals surface area contributed by atoms with Crippen LogP contribution in [-0.2, 0) is 32.0 Å². The van der Waals surface area contributed by atoms with Gasteiger partial charge in [-0.15, -0.1) is 0 Å². The number of aliphatic hydroxyl groups excluding tert-OH is 1. The molecular weight excluding hydrogens is 460 g/mol. The molecule has 35 heavy (non-hydrogen) atoms. The summed E-state index contributed by atoms with van der Waals surface area (Å²) < 4.78 is 11.3. The minimum atomic E-state index is -2.12. The summed E-state index contributed by atoms with van der Waals surface area (Å²) >= 11 is 0. The molecule has 2 aromatic carbocycles. The molecule has 0 radical (unpaired) electrons. The van der Waals surface area contributed by atoms with Gasteiger partial charge in [0.2, 0.25) is 17.7 Å². The first kappa shape index (κ1) is 25.5. The van der Waals surface area contributed by atoms with E-state index in [1.807, 2.05) is 0 Å². The molecule has 0 spiro atoms. The van der Waals surface area contributed by atoms with Gasteiger partial charge in [-0.05, 0) is 41.8 Å². The number of hydrogen-bond donors (Lipinski definition) is 6. The van der Waals surface area contributed by atoms with Crippen LogP contribution >= 0.6 is 0 Å². The molecule has 0 saturated heterocycles. The van der Waals surface area contributed by atoms with E-state index in [-0.39, 0.29) is 12.8 Å². The lowest BCUT2D eigenvalue weighted by Crippen LogP contribution is -2.61. The van der Waals surface area contributed by atoms with E-state index in [2.05, 4.69) is 10.6 Å². The van der Waals surface area contributed by atoms with E-state index < -0.39 is 47.9 Å². The van der Waals surface area contributed by atoms with Crippen LogP contribution in [-0.4, -0.2) is 65.2 Å². The molecule has 186 valence electrons. The predicted molar refractivity (Wildman–Crippen MR) is 122 cm³/mol. The molecule has 8 N–H and O–H groups in total. The van der Waals surface area contributed by atoms with Crippen LogP contribution in [0.3, 0.4) is 0 Å². The highest BCUT2D eigenvalue weighted by Crippen LogP contribution is 2.33. The van der Waals surface area contributed by atoms with E-state index in [0.717, 1.165) is 0 Å². The van der Waals surface area contributed by atoms with Gasteiger partial charge in [-0.3, -0.25) is 14.4 Å². The topological polar surface area (TPSA) is 203 Å². The second-order valence-electron chi connectivity index (χ2n) is 7.98. The van der Waals surface area contributed by atoms with E-state index in [1.54, 1.807) is 42.5 Å². The Kier molecular flexibility index (Phi) is 7.89. The van der Waals surface area contributed by atoms with Crippen LogP contribution in [0, 0.1) is 0 Å². The molecule has 12 nitrogen and oxygen atoms in total. The van der Waals surface area contributed by atoms with Crippen molar-refractivity contribution in [2.45, 2.75) is 37.1 Å². The lowest BCUT2D eigenvalue weighted by atomic mass is 10.0. The smallest absolute Gasteiger partial charge is 0.326 e. The summed E-state index contributed by atoms with van der Waals surface area (Å²) in [6.45, 7) is 0. The SMILES string of the molecule is COc1ccc2cc1Oc1cccc(c1)C[C@@H](C(=O)O)NC(=O)[C@H](C(O)C(N)=O)NC(=O)[C@@H](N)C2. The van der Waals surface area contributed by atoms with Crippen LogP contribution in [0.2, 0.25) is 0 Å². The maximum absolute atomic E-state index is 12.8. The molecular formula is C23H26N4O8. The highest BCUT2D eigenvalue weighted by Gasteiger charge is 2.35. The first-order valence-corrected chi connectivity index (χ1v) is 10.6. The number of aliphatic hydroxyl groups is 1. The van der Waals surface area contributed by atoms with Crippen molar-refractivity contribution in [1.29, 1.82) is 0 Å². The number of ether oxygens (including phenoxy) is 2. The highest BCUT2D eigenvalue weighted by atomic mass is 16.5. The van der Waals surface area contributed by atoms with Crippen molar-refractivity contribution in [2.24, 2.45) is 11.5 Å². The van der Waals surface area contributed by atoms with E-state index in [1.165, 1.54) is 7.11 Å². The van der Waals surface area contributed by atoms with Crippen LogP contribution < -0.4 is 31.6 Å². The van der Waals surface area contributed by atoms with Gasteiger partial charge in [0.25, 0.3) is 0 Å². The van der Waals surface area contributed by atoms with E-state index >= 15 is 0 Å². The third kappa shape index (κ3) is 6.25.